The molecule has 1 amide bonds. The molecule has 0 aliphatic carbocycles. The number of carbonyl (C=O) groups is 1. The van der Waals surface area contributed by atoms with E-state index in [9.17, 15) is 4.79 Å². The molecule has 110 valence electrons. The molecule has 0 saturated carbocycles. The van der Waals surface area contributed by atoms with Crippen LogP contribution in [0, 0.1) is 0 Å². The molecule has 2 rings (SSSR count). The standard InChI is InChI=1S/C15H21ClN2O2/c1-3-20-12(2)15(19)18-9-7-17(8-10-18)14-6-4-5-13(16)11-14/h4-6,11-12H,3,7-10H2,1-2H3/t12-/m1/s1. The van der Waals surface area contributed by atoms with Crippen LogP contribution >= 0.6 is 11.6 Å². The van der Waals surface area contributed by atoms with E-state index in [0.717, 1.165) is 36.9 Å². The molecular formula is C15H21ClN2O2. The zero-order chi connectivity index (χ0) is 14.5. The molecule has 0 radical (unpaired) electrons. The summed E-state index contributed by atoms with van der Waals surface area (Å²) in [5.41, 5.74) is 1.11. The summed E-state index contributed by atoms with van der Waals surface area (Å²) in [6, 6.07) is 7.83. The number of benzene rings is 1. The van der Waals surface area contributed by atoms with Crippen molar-refractivity contribution < 1.29 is 9.53 Å². The summed E-state index contributed by atoms with van der Waals surface area (Å²) in [5, 5.41) is 0.742. The SMILES string of the molecule is CCO[C@H](C)C(=O)N1CCN(c2cccc(Cl)c2)CC1. The number of hydrogen-bond acceptors (Lipinski definition) is 3. The van der Waals surface area contributed by atoms with E-state index < -0.39 is 0 Å². The summed E-state index contributed by atoms with van der Waals surface area (Å²) >= 11 is 6.01. The lowest BCUT2D eigenvalue weighted by Crippen LogP contribution is -2.51. The van der Waals surface area contributed by atoms with Gasteiger partial charge in [-0.15, -0.1) is 0 Å². The van der Waals surface area contributed by atoms with Crippen molar-refractivity contribution >= 4 is 23.2 Å². The number of halogens is 1. The third kappa shape index (κ3) is 3.64. The molecule has 1 aromatic rings. The second-order valence-electron chi connectivity index (χ2n) is 4.89. The molecule has 0 N–H and O–H groups in total. The first-order valence-electron chi connectivity index (χ1n) is 7.02. The van der Waals surface area contributed by atoms with Gasteiger partial charge in [-0.2, -0.15) is 0 Å². The molecule has 1 heterocycles. The Labute approximate surface area is 125 Å². The summed E-state index contributed by atoms with van der Waals surface area (Å²) in [7, 11) is 0. The van der Waals surface area contributed by atoms with Crippen LogP contribution in [-0.4, -0.2) is 49.7 Å². The van der Waals surface area contributed by atoms with Gasteiger partial charge in [0.25, 0.3) is 5.91 Å². The topological polar surface area (TPSA) is 32.8 Å². The maximum Gasteiger partial charge on any atom is 0.251 e. The smallest absolute Gasteiger partial charge is 0.251 e. The van der Waals surface area contributed by atoms with E-state index >= 15 is 0 Å². The quantitative estimate of drug-likeness (QED) is 0.855. The predicted octanol–water partition coefficient (Wildman–Crippen LogP) is 2.41. The Hall–Kier alpha value is -1.26. The van der Waals surface area contributed by atoms with Gasteiger partial charge in [0.2, 0.25) is 0 Å². The lowest BCUT2D eigenvalue weighted by atomic mass is 10.2. The Bertz CT molecular complexity index is 459. The molecule has 0 spiro atoms. The largest absolute Gasteiger partial charge is 0.369 e. The van der Waals surface area contributed by atoms with Crippen molar-refractivity contribution in [3.05, 3.63) is 29.3 Å². The Kier molecular flexibility index (Phi) is 5.26. The Morgan fingerprint density at radius 3 is 2.65 bits per heavy atom. The highest BCUT2D eigenvalue weighted by atomic mass is 35.5. The summed E-state index contributed by atoms with van der Waals surface area (Å²) in [6.45, 7) is 7.38. The van der Waals surface area contributed by atoms with Crippen LogP contribution in [0.5, 0.6) is 0 Å². The van der Waals surface area contributed by atoms with E-state index in [1.165, 1.54) is 0 Å². The van der Waals surface area contributed by atoms with Gasteiger partial charge in [-0.1, -0.05) is 17.7 Å². The highest BCUT2D eigenvalue weighted by Crippen LogP contribution is 2.21. The molecule has 1 aromatic carbocycles. The molecule has 1 fully saturated rings. The second kappa shape index (κ2) is 6.95. The summed E-state index contributed by atoms with van der Waals surface area (Å²) in [6.07, 6.45) is -0.349. The number of rotatable bonds is 4. The van der Waals surface area contributed by atoms with Gasteiger partial charge < -0.3 is 14.5 Å². The molecular weight excluding hydrogens is 276 g/mol. The fourth-order valence-electron chi connectivity index (χ4n) is 2.44. The van der Waals surface area contributed by atoms with Crippen molar-refractivity contribution in [3.8, 4) is 0 Å². The first kappa shape index (κ1) is 15.1. The van der Waals surface area contributed by atoms with Crippen molar-refractivity contribution in [1.82, 2.24) is 4.90 Å². The van der Waals surface area contributed by atoms with Gasteiger partial charge in [-0.3, -0.25) is 4.79 Å². The Morgan fingerprint density at radius 1 is 1.35 bits per heavy atom. The van der Waals surface area contributed by atoms with Crippen molar-refractivity contribution in [2.75, 3.05) is 37.7 Å². The molecule has 5 heteroatoms. The molecule has 0 bridgehead atoms. The number of ether oxygens (including phenoxy) is 1. The third-order valence-corrected chi connectivity index (χ3v) is 3.76. The fraction of sp³-hybridized carbons (Fsp3) is 0.533. The molecule has 1 saturated heterocycles. The molecule has 20 heavy (non-hydrogen) atoms. The molecule has 1 aliphatic rings. The maximum atomic E-state index is 12.1. The Balaban J connectivity index is 1.91. The molecule has 1 atom stereocenters. The van der Waals surface area contributed by atoms with Crippen molar-refractivity contribution in [3.63, 3.8) is 0 Å². The third-order valence-electron chi connectivity index (χ3n) is 3.53. The molecule has 4 nitrogen and oxygen atoms in total. The van der Waals surface area contributed by atoms with Crippen LogP contribution in [0.15, 0.2) is 24.3 Å². The van der Waals surface area contributed by atoms with Gasteiger partial charge in [0.1, 0.15) is 6.10 Å². The van der Waals surface area contributed by atoms with Crippen molar-refractivity contribution in [2.45, 2.75) is 20.0 Å². The minimum atomic E-state index is -0.349. The average molecular weight is 297 g/mol. The normalized spacial score (nSPS) is 17.1. The summed E-state index contributed by atoms with van der Waals surface area (Å²) < 4.78 is 5.36. The van der Waals surface area contributed by atoms with Gasteiger partial charge in [0.15, 0.2) is 0 Å². The maximum absolute atomic E-state index is 12.1. The first-order chi connectivity index (χ1) is 9.61. The van der Waals surface area contributed by atoms with Crippen LogP contribution in [0.2, 0.25) is 5.02 Å². The Morgan fingerprint density at radius 2 is 2.05 bits per heavy atom. The van der Waals surface area contributed by atoms with Gasteiger partial charge in [-0.05, 0) is 32.0 Å². The predicted molar refractivity (Wildman–Crippen MR) is 81.3 cm³/mol. The summed E-state index contributed by atoms with van der Waals surface area (Å²) in [4.78, 5) is 16.3. The van der Waals surface area contributed by atoms with E-state index in [1.807, 2.05) is 43.0 Å². The van der Waals surface area contributed by atoms with Crippen LogP contribution in [-0.2, 0) is 9.53 Å². The lowest BCUT2D eigenvalue weighted by Gasteiger charge is -2.37. The zero-order valence-electron chi connectivity index (χ0n) is 12.0. The van der Waals surface area contributed by atoms with E-state index in [-0.39, 0.29) is 12.0 Å². The summed E-state index contributed by atoms with van der Waals surface area (Å²) in [5.74, 6) is 0.0811. The minimum Gasteiger partial charge on any atom is -0.369 e. The van der Waals surface area contributed by atoms with Crippen LogP contribution in [0.1, 0.15) is 13.8 Å². The van der Waals surface area contributed by atoms with Crippen LogP contribution < -0.4 is 4.90 Å². The van der Waals surface area contributed by atoms with Crippen molar-refractivity contribution in [1.29, 1.82) is 0 Å². The van der Waals surface area contributed by atoms with E-state index in [2.05, 4.69) is 4.90 Å². The number of hydrogen-bond donors (Lipinski definition) is 0. The minimum absolute atomic E-state index is 0.0811. The molecule has 1 aliphatic heterocycles. The number of piperazine rings is 1. The fourth-order valence-corrected chi connectivity index (χ4v) is 2.62. The van der Waals surface area contributed by atoms with E-state index in [1.54, 1.807) is 0 Å². The lowest BCUT2D eigenvalue weighted by molar-refractivity contribution is -0.142. The van der Waals surface area contributed by atoms with E-state index in [4.69, 9.17) is 16.3 Å². The van der Waals surface area contributed by atoms with E-state index in [0.29, 0.717) is 6.61 Å². The monoisotopic (exact) mass is 296 g/mol. The molecule has 0 aromatic heterocycles. The highest BCUT2D eigenvalue weighted by molar-refractivity contribution is 6.30. The second-order valence-corrected chi connectivity index (χ2v) is 5.33. The number of amides is 1. The van der Waals surface area contributed by atoms with Gasteiger partial charge >= 0.3 is 0 Å². The highest BCUT2D eigenvalue weighted by Gasteiger charge is 2.25. The van der Waals surface area contributed by atoms with Crippen LogP contribution in [0.25, 0.3) is 0 Å². The molecule has 0 unspecified atom stereocenters. The van der Waals surface area contributed by atoms with Gasteiger partial charge in [0.05, 0.1) is 0 Å². The zero-order valence-corrected chi connectivity index (χ0v) is 12.8. The van der Waals surface area contributed by atoms with Crippen molar-refractivity contribution in [2.24, 2.45) is 0 Å². The van der Waals surface area contributed by atoms with Gasteiger partial charge in [-0.25, -0.2) is 0 Å². The number of nitrogens with zero attached hydrogens (tertiary/aromatic N) is 2. The first-order valence-corrected chi connectivity index (χ1v) is 7.40. The van der Waals surface area contributed by atoms with Crippen LogP contribution in [0.4, 0.5) is 5.69 Å². The van der Waals surface area contributed by atoms with Gasteiger partial charge in [0, 0.05) is 43.5 Å². The van der Waals surface area contributed by atoms with Crippen LogP contribution in [0.3, 0.4) is 0 Å². The number of anilines is 1. The number of carbonyl (C=O) groups excluding carboxylic acids is 1. The average Bonchev–Trinajstić information content (AvgIpc) is 2.47.